The summed E-state index contributed by atoms with van der Waals surface area (Å²) in [6.07, 6.45) is 1.45. The van der Waals surface area contributed by atoms with Gasteiger partial charge in [0.25, 0.3) is 0 Å². The molecule has 0 aliphatic carbocycles. The van der Waals surface area contributed by atoms with E-state index in [0.29, 0.717) is 10.3 Å². The normalized spacial score (nSPS) is 10.4. The Hall–Kier alpha value is -1.41. The van der Waals surface area contributed by atoms with E-state index >= 15 is 0 Å². The maximum absolute atomic E-state index is 5.71. The van der Waals surface area contributed by atoms with E-state index in [-0.39, 0.29) is 11.3 Å². The Morgan fingerprint density at radius 1 is 1.38 bits per heavy atom. The van der Waals surface area contributed by atoms with Crippen molar-refractivity contribution in [3.63, 3.8) is 0 Å². The maximum atomic E-state index is 5.71. The molecular formula is C7H7ClN6OS. The van der Waals surface area contributed by atoms with Crippen LogP contribution in [0.25, 0.3) is 0 Å². The van der Waals surface area contributed by atoms with Crippen molar-refractivity contribution < 1.29 is 4.74 Å². The van der Waals surface area contributed by atoms with Crippen molar-refractivity contribution in [3.05, 3.63) is 11.6 Å². The Labute approximate surface area is 100 Å². The van der Waals surface area contributed by atoms with Gasteiger partial charge in [0.15, 0.2) is 5.16 Å². The van der Waals surface area contributed by atoms with Crippen LogP contribution >= 0.6 is 23.4 Å². The van der Waals surface area contributed by atoms with E-state index in [0.717, 1.165) is 0 Å². The van der Waals surface area contributed by atoms with Gasteiger partial charge in [-0.1, -0.05) is 0 Å². The van der Waals surface area contributed by atoms with Crippen LogP contribution in [0.5, 0.6) is 6.01 Å². The van der Waals surface area contributed by atoms with Crippen LogP contribution in [-0.4, -0.2) is 36.8 Å². The van der Waals surface area contributed by atoms with Crippen LogP contribution in [-0.2, 0) is 7.05 Å². The number of methoxy groups -OCH3 is 1. The Kier molecular flexibility index (Phi) is 3.20. The molecule has 9 heteroatoms. The summed E-state index contributed by atoms with van der Waals surface area (Å²) in [5, 5.41) is 5.07. The third kappa shape index (κ3) is 2.39. The fourth-order valence-corrected chi connectivity index (χ4v) is 1.81. The molecule has 2 aromatic rings. The molecule has 16 heavy (non-hydrogen) atoms. The van der Waals surface area contributed by atoms with Crippen molar-refractivity contribution in [2.75, 3.05) is 7.11 Å². The topological polar surface area (TPSA) is 78.6 Å². The highest BCUT2D eigenvalue weighted by molar-refractivity contribution is 7.99. The lowest BCUT2D eigenvalue weighted by Crippen LogP contribution is -1.98. The molecule has 0 aliphatic heterocycles. The van der Waals surface area contributed by atoms with Gasteiger partial charge in [-0.05, 0) is 23.4 Å². The number of halogens is 1. The molecule has 0 aromatic carbocycles. The smallest absolute Gasteiger partial charge is 0.321 e. The van der Waals surface area contributed by atoms with Crippen LogP contribution in [0.3, 0.4) is 0 Å². The second-order valence-electron chi connectivity index (χ2n) is 2.64. The first-order chi connectivity index (χ1) is 7.69. The molecular weight excluding hydrogens is 252 g/mol. The minimum Gasteiger partial charge on any atom is -0.467 e. The Morgan fingerprint density at radius 2 is 2.19 bits per heavy atom. The van der Waals surface area contributed by atoms with Gasteiger partial charge < -0.3 is 4.74 Å². The molecule has 0 saturated carbocycles. The van der Waals surface area contributed by atoms with Crippen LogP contribution < -0.4 is 4.74 Å². The lowest BCUT2D eigenvalue weighted by molar-refractivity contribution is 0.373. The Balaban J connectivity index is 2.28. The Bertz CT molecular complexity index is 503. The summed E-state index contributed by atoms with van der Waals surface area (Å²) < 4.78 is 6.49. The van der Waals surface area contributed by atoms with Gasteiger partial charge in [-0.25, -0.2) is 9.67 Å². The average molecular weight is 259 g/mol. The fourth-order valence-electron chi connectivity index (χ4n) is 0.911. The first kappa shape index (κ1) is 11.1. The van der Waals surface area contributed by atoms with E-state index in [9.17, 15) is 0 Å². The largest absolute Gasteiger partial charge is 0.467 e. The minimum absolute atomic E-state index is 0.0801. The summed E-state index contributed by atoms with van der Waals surface area (Å²) in [6.45, 7) is 0. The zero-order valence-corrected chi connectivity index (χ0v) is 10.0. The molecule has 0 fully saturated rings. The highest BCUT2D eigenvalue weighted by Gasteiger charge is 2.10. The lowest BCUT2D eigenvalue weighted by Gasteiger charge is -2.01. The summed E-state index contributed by atoms with van der Waals surface area (Å²) in [7, 11) is 3.23. The monoisotopic (exact) mass is 258 g/mol. The van der Waals surface area contributed by atoms with Crippen LogP contribution in [0, 0.1) is 0 Å². The molecule has 2 aromatic heterocycles. The summed E-state index contributed by atoms with van der Waals surface area (Å²) >= 11 is 6.94. The highest BCUT2D eigenvalue weighted by Crippen LogP contribution is 2.23. The third-order valence-electron chi connectivity index (χ3n) is 1.60. The number of aryl methyl sites for hydroxylation is 1. The summed E-state index contributed by atoms with van der Waals surface area (Å²) in [5.74, 6) is 0. The van der Waals surface area contributed by atoms with Crippen molar-refractivity contribution in [2.45, 2.75) is 10.3 Å². The number of rotatable bonds is 3. The van der Waals surface area contributed by atoms with Crippen LogP contribution in [0.4, 0.5) is 0 Å². The van der Waals surface area contributed by atoms with Gasteiger partial charge in [-0.3, -0.25) is 0 Å². The van der Waals surface area contributed by atoms with Crippen molar-refractivity contribution in [3.8, 4) is 6.01 Å². The van der Waals surface area contributed by atoms with Gasteiger partial charge in [0, 0.05) is 7.05 Å². The molecule has 0 spiro atoms. The molecule has 0 bridgehead atoms. The van der Waals surface area contributed by atoms with Crippen molar-refractivity contribution in [1.29, 1.82) is 0 Å². The van der Waals surface area contributed by atoms with Crippen LogP contribution in [0.1, 0.15) is 0 Å². The molecule has 0 saturated heterocycles. The quantitative estimate of drug-likeness (QED) is 0.806. The molecule has 0 N–H and O–H groups in total. The zero-order chi connectivity index (χ0) is 11.5. The Morgan fingerprint density at radius 3 is 2.81 bits per heavy atom. The number of nitrogens with zero attached hydrogens (tertiary/aromatic N) is 6. The summed E-state index contributed by atoms with van der Waals surface area (Å²) in [6, 6.07) is 0.171. The molecule has 0 amide bonds. The number of hydrogen-bond donors (Lipinski definition) is 0. The summed E-state index contributed by atoms with van der Waals surface area (Å²) in [5.41, 5.74) is 0. The van der Waals surface area contributed by atoms with E-state index < -0.39 is 0 Å². The maximum Gasteiger partial charge on any atom is 0.321 e. The molecule has 0 unspecified atom stereocenters. The molecule has 0 atom stereocenters. The number of ether oxygens (including phenoxy) is 1. The van der Waals surface area contributed by atoms with E-state index in [1.807, 2.05) is 0 Å². The zero-order valence-electron chi connectivity index (χ0n) is 8.46. The first-order valence-corrected chi connectivity index (χ1v) is 5.36. The average Bonchev–Trinajstić information content (AvgIpc) is 2.63. The van der Waals surface area contributed by atoms with Crippen molar-refractivity contribution in [2.24, 2.45) is 7.05 Å². The third-order valence-corrected chi connectivity index (χ3v) is 2.69. The van der Waals surface area contributed by atoms with Gasteiger partial charge >= 0.3 is 6.01 Å². The molecule has 84 valence electrons. The predicted molar refractivity (Wildman–Crippen MR) is 56.5 cm³/mol. The number of hydrogen-bond acceptors (Lipinski definition) is 7. The van der Waals surface area contributed by atoms with Crippen molar-refractivity contribution in [1.82, 2.24) is 29.7 Å². The van der Waals surface area contributed by atoms with E-state index in [1.54, 1.807) is 11.7 Å². The van der Waals surface area contributed by atoms with Gasteiger partial charge in [-0.15, -0.1) is 0 Å². The standard InChI is InChI=1S/C7H7ClN6OS/c1-14-7(9-3-10-14)16-6-12-4(8)11-5(13-6)15-2/h3H,1-2H3. The SMILES string of the molecule is COc1nc(Cl)nc(Sc2ncnn2C)n1. The second kappa shape index (κ2) is 4.62. The summed E-state index contributed by atoms with van der Waals surface area (Å²) in [4.78, 5) is 15.8. The lowest BCUT2D eigenvalue weighted by atomic mass is 11.0. The molecule has 0 aliphatic rings. The fraction of sp³-hybridized carbons (Fsp3) is 0.286. The van der Waals surface area contributed by atoms with Gasteiger partial charge in [0.2, 0.25) is 10.4 Å². The highest BCUT2D eigenvalue weighted by atomic mass is 35.5. The molecule has 2 rings (SSSR count). The molecule has 0 radical (unpaired) electrons. The first-order valence-electron chi connectivity index (χ1n) is 4.16. The van der Waals surface area contributed by atoms with Crippen LogP contribution in [0.15, 0.2) is 16.6 Å². The van der Waals surface area contributed by atoms with Gasteiger partial charge in [-0.2, -0.15) is 20.1 Å². The predicted octanol–water partition coefficient (Wildman–Crippen LogP) is 0.813. The van der Waals surface area contributed by atoms with Gasteiger partial charge in [0.1, 0.15) is 6.33 Å². The minimum atomic E-state index is 0.0801. The second-order valence-corrected chi connectivity index (χ2v) is 3.91. The molecule has 2 heterocycles. The van der Waals surface area contributed by atoms with E-state index in [4.69, 9.17) is 16.3 Å². The van der Waals surface area contributed by atoms with Crippen molar-refractivity contribution >= 4 is 23.4 Å². The number of aromatic nitrogens is 6. The van der Waals surface area contributed by atoms with Gasteiger partial charge in [0.05, 0.1) is 7.11 Å². The molecule has 7 nitrogen and oxygen atoms in total. The van der Waals surface area contributed by atoms with E-state index in [1.165, 1.54) is 25.2 Å². The van der Waals surface area contributed by atoms with Crippen LogP contribution in [0.2, 0.25) is 5.28 Å². The van der Waals surface area contributed by atoms with E-state index in [2.05, 4.69) is 25.0 Å².